The van der Waals surface area contributed by atoms with Gasteiger partial charge in [-0.25, -0.2) is 19.2 Å². The third kappa shape index (κ3) is 6.51. The van der Waals surface area contributed by atoms with Gasteiger partial charge in [-0.05, 0) is 0 Å². The van der Waals surface area contributed by atoms with Gasteiger partial charge in [0.05, 0.1) is 0 Å². The molecule has 0 heterocycles. The van der Waals surface area contributed by atoms with Crippen LogP contribution < -0.4 is 0 Å². The number of rotatable bonds is 2. The predicted octanol–water partition coefficient (Wildman–Crippen LogP) is 0.807. The first-order chi connectivity index (χ1) is 8.84. The number of esters is 4. The quantitative estimate of drug-likeness (QED) is 0.325. The minimum absolute atomic E-state index is 0.129. The topological polar surface area (TPSA) is 86.7 Å². The van der Waals surface area contributed by atoms with Gasteiger partial charge in [-0.15, -0.1) is 0 Å². The Morgan fingerprint density at radius 1 is 0.650 bits per heavy atom. The minimum Gasteiger partial charge on any atom is -0.383 e. The molecule has 0 bridgehead atoms. The first kappa shape index (κ1) is 17.6. The third-order valence-corrected chi connectivity index (χ3v) is 1.20. The fourth-order valence-corrected chi connectivity index (χ4v) is 0.503. The molecule has 12 heteroatoms. The highest BCUT2D eigenvalue weighted by Crippen LogP contribution is 2.17. The highest BCUT2D eigenvalue weighted by atomic mass is 19.4. The Balaban J connectivity index is 4.44. The van der Waals surface area contributed by atoms with Crippen LogP contribution in [-0.2, 0) is 28.7 Å². The largest absolute Gasteiger partial charge is 0.491 e. The molecule has 0 aliphatic heterocycles. The van der Waals surface area contributed by atoms with Gasteiger partial charge >= 0.3 is 36.2 Å². The second-order valence-corrected chi connectivity index (χ2v) is 2.75. The summed E-state index contributed by atoms with van der Waals surface area (Å²) in [6.07, 6.45) is -11.2. The molecule has 0 aliphatic carbocycles. The molecule has 0 fully saturated rings. The van der Waals surface area contributed by atoms with Crippen molar-refractivity contribution in [2.24, 2.45) is 0 Å². The predicted molar refractivity (Wildman–Crippen MR) is 43.4 cm³/mol. The summed E-state index contributed by atoms with van der Waals surface area (Å²) in [6.45, 7) is 0. The molecule has 0 radical (unpaired) electrons. The van der Waals surface area contributed by atoms with E-state index in [0.717, 1.165) is 0 Å². The van der Waals surface area contributed by atoms with Gasteiger partial charge in [-0.1, -0.05) is 0 Å². The van der Waals surface area contributed by atoms with E-state index in [2.05, 4.69) is 9.47 Å². The molecule has 0 rings (SSSR count). The van der Waals surface area contributed by atoms with Gasteiger partial charge in [0.1, 0.15) is 0 Å². The summed E-state index contributed by atoms with van der Waals surface area (Å²) in [5.41, 5.74) is 0. The molecule has 0 N–H and O–H groups in total. The van der Waals surface area contributed by atoms with Crippen LogP contribution in [0, 0.1) is 0 Å². The van der Waals surface area contributed by atoms with Crippen molar-refractivity contribution in [1.82, 2.24) is 0 Å². The second-order valence-electron chi connectivity index (χ2n) is 2.75. The smallest absolute Gasteiger partial charge is 0.383 e. The van der Waals surface area contributed by atoms with E-state index in [-0.39, 0.29) is 12.2 Å². The van der Waals surface area contributed by atoms with Crippen molar-refractivity contribution in [3.8, 4) is 0 Å². The summed E-state index contributed by atoms with van der Waals surface area (Å²) in [4.78, 5) is 41.3. The van der Waals surface area contributed by atoms with Crippen molar-refractivity contribution in [1.29, 1.82) is 0 Å². The Bertz CT molecular complexity index is 417. The molecule has 112 valence electrons. The van der Waals surface area contributed by atoms with Crippen molar-refractivity contribution in [2.75, 3.05) is 0 Å². The molecular formula is C8H2F6O6. The molecule has 0 saturated heterocycles. The van der Waals surface area contributed by atoms with Crippen molar-refractivity contribution in [3.05, 3.63) is 12.2 Å². The molecule has 0 spiro atoms. The average molecular weight is 308 g/mol. The number of hydrogen-bond acceptors (Lipinski definition) is 6. The van der Waals surface area contributed by atoms with E-state index < -0.39 is 36.2 Å². The van der Waals surface area contributed by atoms with Crippen LogP contribution in [0.25, 0.3) is 0 Å². The minimum atomic E-state index is -5.48. The zero-order valence-electron chi connectivity index (χ0n) is 8.87. The van der Waals surface area contributed by atoms with Gasteiger partial charge in [0.25, 0.3) is 0 Å². The van der Waals surface area contributed by atoms with E-state index in [9.17, 15) is 45.5 Å². The van der Waals surface area contributed by atoms with E-state index >= 15 is 0 Å². The fourth-order valence-electron chi connectivity index (χ4n) is 0.503. The maximum atomic E-state index is 11.6. The van der Waals surface area contributed by atoms with Crippen LogP contribution in [0.2, 0.25) is 0 Å². The summed E-state index contributed by atoms with van der Waals surface area (Å²) in [5, 5.41) is 0. The monoisotopic (exact) mass is 308 g/mol. The fraction of sp³-hybridized carbons (Fsp3) is 0.250. The molecule has 0 atom stereocenters. The molecular weight excluding hydrogens is 306 g/mol. The number of halogens is 6. The summed E-state index contributed by atoms with van der Waals surface area (Å²) >= 11 is 0. The van der Waals surface area contributed by atoms with Crippen molar-refractivity contribution < 1.29 is 55.0 Å². The Hall–Kier alpha value is -2.40. The van der Waals surface area contributed by atoms with E-state index in [0.29, 0.717) is 0 Å². The molecule has 0 unspecified atom stereocenters. The molecule has 0 amide bonds. The van der Waals surface area contributed by atoms with Crippen LogP contribution in [0.3, 0.4) is 0 Å². The van der Waals surface area contributed by atoms with Gasteiger partial charge in [0, 0.05) is 12.2 Å². The van der Waals surface area contributed by atoms with Gasteiger partial charge in [-0.3, -0.25) is 0 Å². The van der Waals surface area contributed by atoms with Crippen molar-refractivity contribution in [3.63, 3.8) is 0 Å². The molecule has 6 nitrogen and oxygen atoms in total. The van der Waals surface area contributed by atoms with E-state index in [1.54, 1.807) is 0 Å². The maximum absolute atomic E-state index is 11.6. The summed E-state index contributed by atoms with van der Waals surface area (Å²) < 4.78 is 75.9. The number of carbonyl (C=O) groups excluding carboxylic acids is 4. The van der Waals surface area contributed by atoms with Crippen LogP contribution in [0.1, 0.15) is 0 Å². The lowest BCUT2D eigenvalue weighted by atomic mass is 10.5. The van der Waals surface area contributed by atoms with Gasteiger partial charge in [0.15, 0.2) is 0 Å². The summed E-state index contributed by atoms with van der Waals surface area (Å²) in [5.74, 6) is -9.79. The zero-order valence-corrected chi connectivity index (χ0v) is 8.87. The summed E-state index contributed by atoms with van der Waals surface area (Å²) in [7, 11) is 0. The SMILES string of the molecule is O=C(C=CC(=O)OC(=O)C(F)(F)F)OC(=O)C(F)(F)F. The Labute approximate surface area is 104 Å². The number of alkyl halides is 6. The molecule has 0 saturated carbocycles. The van der Waals surface area contributed by atoms with Gasteiger partial charge in [-0.2, -0.15) is 26.3 Å². The van der Waals surface area contributed by atoms with E-state index in [4.69, 9.17) is 0 Å². The normalized spacial score (nSPS) is 12.1. The van der Waals surface area contributed by atoms with Crippen LogP contribution in [0.15, 0.2) is 12.2 Å². The van der Waals surface area contributed by atoms with Crippen molar-refractivity contribution in [2.45, 2.75) is 12.4 Å². The lowest BCUT2D eigenvalue weighted by Gasteiger charge is -2.03. The Kier molecular flexibility index (Phi) is 5.42. The van der Waals surface area contributed by atoms with E-state index in [1.807, 2.05) is 0 Å². The maximum Gasteiger partial charge on any atom is 0.491 e. The Morgan fingerprint density at radius 3 is 1.10 bits per heavy atom. The van der Waals surface area contributed by atoms with E-state index in [1.165, 1.54) is 0 Å². The average Bonchev–Trinajstić information content (AvgIpc) is 2.23. The first-order valence-corrected chi connectivity index (χ1v) is 4.18. The van der Waals surface area contributed by atoms with Gasteiger partial charge in [0.2, 0.25) is 0 Å². The molecule has 0 aromatic rings. The summed E-state index contributed by atoms with van der Waals surface area (Å²) in [6, 6.07) is 0. The number of ether oxygens (including phenoxy) is 2. The number of carbonyl (C=O) groups is 4. The molecule has 0 aromatic carbocycles. The van der Waals surface area contributed by atoms with Crippen molar-refractivity contribution >= 4 is 23.9 Å². The van der Waals surface area contributed by atoms with Crippen LogP contribution >= 0.6 is 0 Å². The molecule has 0 aliphatic rings. The lowest BCUT2D eigenvalue weighted by molar-refractivity contribution is -0.201. The molecule has 0 aromatic heterocycles. The van der Waals surface area contributed by atoms with Crippen LogP contribution in [0.4, 0.5) is 26.3 Å². The standard InChI is InChI=1S/C8H2F6O6/c9-7(10,11)5(17)19-3(15)1-2-4(16)20-6(18)8(12,13)14/h1-2H. The highest BCUT2D eigenvalue weighted by Gasteiger charge is 2.43. The first-order valence-electron chi connectivity index (χ1n) is 4.18. The zero-order chi connectivity index (χ0) is 16.1. The second kappa shape index (κ2) is 6.16. The van der Waals surface area contributed by atoms with Crippen LogP contribution in [-0.4, -0.2) is 36.2 Å². The highest BCUT2D eigenvalue weighted by molar-refractivity contribution is 6.00. The Morgan fingerprint density at radius 2 is 0.900 bits per heavy atom. The lowest BCUT2D eigenvalue weighted by Crippen LogP contribution is -2.28. The number of hydrogen-bond donors (Lipinski definition) is 0. The van der Waals surface area contributed by atoms with Crippen LogP contribution in [0.5, 0.6) is 0 Å². The van der Waals surface area contributed by atoms with Gasteiger partial charge < -0.3 is 9.47 Å². The third-order valence-electron chi connectivity index (χ3n) is 1.20. The molecule has 20 heavy (non-hydrogen) atoms.